The molecule has 0 saturated heterocycles. The van der Waals surface area contributed by atoms with Gasteiger partial charge in [0, 0.05) is 36.7 Å². The molecule has 0 aliphatic rings. The highest BCUT2D eigenvalue weighted by Crippen LogP contribution is 2.33. The number of benzene rings is 1. The predicted octanol–water partition coefficient (Wildman–Crippen LogP) is 3.54. The molecule has 0 bridgehead atoms. The highest BCUT2D eigenvalue weighted by Gasteiger charge is 2.11. The molecule has 0 atom stereocenters. The van der Waals surface area contributed by atoms with Crippen LogP contribution in [-0.4, -0.2) is 31.8 Å². The Morgan fingerprint density at radius 1 is 1.40 bits per heavy atom. The number of halogens is 2. The molecule has 1 aromatic heterocycles. The normalized spacial score (nSPS) is 10.9. The summed E-state index contributed by atoms with van der Waals surface area (Å²) >= 11 is 9.64. The molecule has 1 N–H and O–H groups in total. The molecule has 0 unspecified atom stereocenters. The van der Waals surface area contributed by atoms with Crippen LogP contribution in [0.3, 0.4) is 0 Å². The number of methoxy groups -OCH3 is 1. The van der Waals surface area contributed by atoms with Crippen LogP contribution in [0.15, 0.2) is 33.3 Å². The first-order valence-electron chi connectivity index (χ1n) is 6.31. The minimum atomic E-state index is 0.633. The maximum atomic E-state index is 6.24. The molecule has 20 heavy (non-hydrogen) atoms. The zero-order valence-electron chi connectivity index (χ0n) is 11.2. The lowest BCUT2D eigenvalue weighted by molar-refractivity contribution is 0.199. The Labute approximate surface area is 131 Å². The van der Waals surface area contributed by atoms with Gasteiger partial charge in [-0.2, -0.15) is 0 Å². The van der Waals surface area contributed by atoms with E-state index in [1.807, 2.05) is 18.2 Å². The second kappa shape index (κ2) is 7.78. The van der Waals surface area contributed by atoms with Gasteiger partial charge in [0.25, 0.3) is 0 Å². The lowest BCUT2D eigenvalue weighted by Gasteiger charge is -2.02. The quantitative estimate of drug-likeness (QED) is 0.768. The first-order chi connectivity index (χ1) is 9.72. The van der Waals surface area contributed by atoms with Gasteiger partial charge < -0.3 is 14.5 Å². The van der Waals surface area contributed by atoms with Gasteiger partial charge in [-0.25, -0.2) is 4.98 Å². The van der Waals surface area contributed by atoms with Gasteiger partial charge in [0.2, 0.25) is 0 Å². The number of hydrogen-bond donors (Lipinski definition) is 1. The van der Waals surface area contributed by atoms with Gasteiger partial charge in [0.15, 0.2) is 11.7 Å². The van der Waals surface area contributed by atoms with E-state index in [0.29, 0.717) is 23.3 Å². The molecule has 0 radical (unpaired) electrons. The molecule has 0 spiro atoms. The molecule has 0 saturated carbocycles. The molecule has 4 nitrogen and oxygen atoms in total. The van der Waals surface area contributed by atoms with Gasteiger partial charge >= 0.3 is 0 Å². The van der Waals surface area contributed by atoms with Crippen molar-refractivity contribution in [3.63, 3.8) is 0 Å². The smallest absolute Gasteiger partial charge is 0.196 e. The molecule has 0 fully saturated rings. The third-order valence-electron chi connectivity index (χ3n) is 2.77. The summed E-state index contributed by atoms with van der Waals surface area (Å²) in [4.78, 5) is 4.27. The summed E-state index contributed by atoms with van der Waals surface area (Å²) in [6.45, 7) is 2.32. The van der Waals surface area contributed by atoms with Crippen molar-refractivity contribution in [1.29, 1.82) is 0 Å². The number of ether oxygens (including phenoxy) is 1. The fourth-order valence-electron chi connectivity index (χ4n) is 1.74. The zero-order valence-corrected chi connectivity index (χ0v) is 13.5. The van der Waals surface area contributed by atoms with Crippen LogP contribution < -0.4 is 5.32 Å². The Morgan fingerprint density at radius 2 is 2.25 bits per heavy atom. The van der Waals surface area contributed by atoms with Gasteiger partial charge in [-0.15, -0.1) is 0 Å². The SMILES string of the molecule is COCCNCCc1ncc(-c2cccc(Br)c2Cl)o1. The van der Waals surface area contributed by atoms with Crippen molar-refractivity contribution < 1.29 is 9.15 Å². The molecular weight excluding hydrogens is 344 g/mol. The van der Waals surface area contributed by atoms with Crippen molar-refractivity contribution in [3.8, 4) is 11.3 Å². The summed E-state index contributed by atoms with van der Waals surface area (Å²) in [5.74, 6) is 1.38. The van der Waals surface area contributed by atoms with Crippen LogP contribution in [-0.2, 0) is 11.2 Å². The number of nitrogens with one attached hydrogen (secondary N) is 1. The Morgan fingerprint density at radius 3 is 3.05 bits per heavy atom. The Balaban J connectivity index is 1.97. The highest BCUT2D eigenvalue weighted by atomic mass is 79.9. The van der Waals surface area contributed by atoms with Crippen molar-refractivity contribution >= 4 is 27.5 Å². The van der Waals surface area contributed by atoms with Gasteiger partial charge in [-0.3, -0.25) is 0 Å². The topological polar surface area (TPSA) is 47.3 Å². The van der Waals surface area contributed by atoms with Crippen molar-refractivity contribution in [2.45, 2.75) is 6.42 Å². The fraction of sp³-hybridized carbons (Fsp3) is 0.357. The number of hydrogen-bond acceptors (Lipinski definition) is 4. The largest absolute Gasteiger partial charge is 0.441 e. The average molecular weight is 360 g/mol. The molecule has 0 aliphatic carbocycles. The van der Waals surface area contributed by atoms with E-state index < -0.39 is 0 Å². The van der Waals surface area contributed by atoms with Crippen molar-refractivity contribution in [2.75, 3.05) is 26.8 Å². The van der Waals surface area contributed by atoms with Crippen molar-refractivity contribution in [3.05, 3.63) is 39.8 Å². The molecule has 1 aromatic carbocycles. The summed E-state index contributed by atoms with van der Waals surface area (Å²) < 4.78 is 11.5. The Hall–Kier alpha value is -0.880. The highest BCUT2D eigenvalue weighted by molar-refractivity contribution is 9.10. The molecule has 6 heteroatoms. The lowest BCUT2D eigenvalue weighted by atomic mass is 10.2. The van der Waals surface area contributed by atoms with Crippen LogP contribution in [0.25, 0.3) is 11.3 Å². The van der Waals surface area contributed by atoms with E-state index in [2.05, 4.69) is 26.2 Å². The summed E-state index contributed by atoms with van der Waals surface area (Å²) in [5.41, 5.74) is 0.840. The standard InChI is InChI=1S/C14H16BrClN2O2/c1-19-8-7-17-6-5-13-18-9-12(20-13)10-3-2-4-11(15)14(10)16/h2-4,9,17H,5-8H2,1H3. The van der Waals surface area contributed by atoms with Gasteiger partial charge in [0.05, 0.1) is 17.8 Å². The molecule has 2 aromatic rings. The van der Waals surface area contributed by atoms with E-state index in [9.17, 15) is 0 Å². The monoisotopic (exact) mass is 358 g/mol. The van der Waals surface area contributed by atoms with Crippen LogP contribution in [0.5, 0.6) is 0 Å². The minimum Gasteiger partial charge on any atom is -0.441 e. The summed E-state index contributed by atoms with van der Waals surface area (Å²) in [6, 6.07) is 5.72. The number of nitrogens with zero attached hydrogens (tertiary/aromatic N) is 1. The van der Waals surface area contributed by atoms with Crippen molar-refractivity contribution in [1.82, 2.24) is 10.3 Å². The molecule has 2 rings (SSSR count). The zero-order chi connectivity index (χ0) is 14.4. The number of oxazole rings is 1. The number of rotatable bonds is 7. The second-order valence-corrected chi connectivity index (χ2v) is 5.44. The maximum Gasteiger partial charge on any atom is 0.196 e. The number of aromatic nitrogens is 1. The van der Waals surface area contributed by atoms with Gasteiger partial charge in [0.1, 0.15) is 0 Å². The van der Waals surface area contributed by atoms with E-state index in [1.54, 1.807) is 13.3 Å². The van der Waals surface area contributed by atoms with E-state index in [-0.39, 0.29) is 0 Å². The molecular formula is C14H16BrClN2O2. The first kappa shape index (κ1) is 15.5. The molecule has 0 amide bonds. The van der Waals surface area contributed by atoms with Crippen LogP contribution in [0.1, 0.15) is 5.89 Å². The Kier molecular flexibility index (Phi) is 6.04. The van der Waals surface area contributed by atoms with Crippen LogP contribution in [0.2, 0.25) is 5.02 Å². The van der Waals surface area contributed by atoms with Crippen molar-refractivity contribution in [2.24, 2.45) is 0 Å². The third kappa shape index (κ3) is 4.06. The van der Waals surface area contributed by atoms with Gasteiger partial charge in [-0.05, 0) is 28.1 Å². The van der Waals surface area contributed by atoms with E-state index >= 15 is 0 Å². The minimum absolute atomic E-state index is 0.633. The molecule has 108 valence electrons. The summed E-state index contributed by atoms with van der Waals surface area (Å²) in [6.07, 6.45) is 2.44. The van der Waals surface area contributed by atoms with Crippen LogP contribution in [0.4, 0.5) is 0 Å². The summed E-state index contributed by atoms with van der Waals surface area (Å²) in [5, 5.41) is 3.88. The average Bonchev–Trinajstić information content (AvgIpc) is 2.90. The molecule has 0 aliphatic heterocycles. The van der Waals surface area contributed by atoms with E-state index in [0.717, 1.165) is 29.5 Å². The van der Waals surface area contributed by atoms with Crippen LogP contribution in [0, 0.1) is 0 Å². The van der Waals surface area contributed by atoms with E-state index in [1.165, 1.54) is 0 Å². The van der Waals surface area contributed by atoms with Gasteiger partial charge in [-0.1, -0.05) is 17.7 Å². The van der Waals surface area contributed by atoms with E-state index in [4.69, 9.17) is 20.8 Å². The maximum absolute atomic E-state index is 6.24. The summed E-state index contributed by atoms with van der Waals surface area (Å²) in [7, 11) is 1.68. The predicted molar refractivity (Wildman–Crippen MR) is 83.1 cm³/mol. The fourth-order valence-corrected chi connectivity index (χ4v) is 2.32. The van der Waals surface area contributed by atoms with Crippen LogP contribution >= 0.6 is 27.5 Å². The third-order valence-corrected chi connectivity index (χ3v) is 4.07. The second-order valence-electron chi connectivity index (χ2n) is 4.21. The lowest BCUT2D eigenvalue weighted by Crippen LogP contribution is -2.21. The first-order valence-corrected chi connectivity index (χ1v) is 7.48. The Bertz CT molecular complexity index is 560. The molecule has 1 heterocycles.